The zero-order valence-corrected chi connectivity index (χ0v) is 7.57. The molecule has 13 heavy (non-hydrogen) atoms. The third-order valence-corrected chi connectivity index (χ3v) is 2.40. The van der Waals surface area contributed by atoms with Gasteiger partial charge in [-0.15, -0.1) is 0 Å². The summed E-state index contributed by atoms with van der Waals surface area (Å²) in [5.74, 6) is -0.0286. The first kappa shape index (κ1) is 8.30. The molecular formula is C11H12O2. The van der Waals surface area contributed by atoms with E-state index in [2.05, 4.69) is 0 Å². The van der Waals surface area contributed by atoms with Gasteiger partial charge in [0.05, 0.1) is 5.92 Å². The Balaban J connectivity index is 2.17. The molecule has 2 heteroatoms. The Kier molecular flexibility index (Phi) is 2.05. The van der Waals surface area contributed by atoms with E-state index in [4.69, 9.17) is 4.74 Å². The van der Waals surface area contributed by atoms with Crippen LogP contribution in [0, 0.1) is 5.92 Å². The van der Waals surface area contributed by atoms with E-state index in [1.54, 1.807) is 0 Å². The number of esters is 1. The second-order valence-electron chi connectivity index (χ2n) is 3.47. The Morgan fingerprint density at radius 3 is 2.54 bits per heavy atom. The molecule has 0 aliphatic carbocycles. The highest BCUT2D eigenvalue weighted by Crippen LogP contribution is 2.32. The lowest BCUT2D eigenvalue weighted by molar-refractivity contribution is -0.144. The summed E-state index contributed by atoms with van der Waals surface area (Å²) in [5.41, 5.74) is 1.10. The average molecular weight is 176 g/mol. The van der Waals surface area contributed by atoms with Crippen molar-refractivity contribution in [2.75, 3.05) is 0 Å². The van der Waals surface area contributed by atoms with Crippen molar-refractivity contribution in [2.45, 2.75) is 19.4 Å². The van der Waals surface area contributed by atoms with Gasteiger partial charge in [0.25, 0.3) is 0 Å². The summed E-state index contributed by atoms with van der Waals surface area (Å²) in [6.07, 6.45) is 0.784. The van der Waals surface area contributed by atoms with Gasteiger partial charge in [-0.2, -0.15) is 0 Å². The minimum atomic E-state index is -0.0751. The van der Waals surface area contributed by atoms with Crippen molar-refractivity contribution >= 4 is 5.97 Å². The zero-order valence-electron chi connectivity index (χ0n) is 7.57. The van der Waals surface area contributed by atoms with Crippen molar-refractivity contribution in [1.82, 2.24) is 0 Å². The van der Waals surface area contributed by atoms with Gasteiger partial charge in [0, 0.05) is 6.42 Å². The number of carbonyl (C=O) groups is 1. The van der Waals surface area contributed by atoms with Gasteiger partial charge >= 0.3 is 5.97 Å². The lowest BCUT2D eigenvalue weighted by atomic mass is 10.0. The highest BCUT2D eigenvalue weighted by Gasteiger charge is 2.31. The molecule has 0 N–H and O–H groups in total. The van der Waals surface area contributed by atoms with Crippen LogP contribution in [0.2, 0.25) is 0 Å². The largest absolute Gasteiger partial charge is 0.457 e. The van der Waals surface area contributed by atoms with E-state index >= 15 is 0 Å². The number of hydrogen-bond donors (Lipinski definition) is 0. The van der Waals surface area contributed by atoms with Crippen LogP contribution in [0.3, 0.4) is 0 Å². The third kappa shape index (κ3) is 1.57. The van der Waals surface area contributed by atoms with E-state index in [0.29, 0.717) is 0 Å². The molecule has 2 atom stereocenters. The van der Waals surface area contributed by atoms with E-state index in [1.807, 2.05) is 37.3 Å². The monoisotopic (exact) mass is 176 g/mol. The molecule has 1 aliphatic heterocycles. The second-order valence-corrected chi connectivity index (χ2v) is 3.47. The van der Waals surface area contributed by atoms with E-state index < -0.39 is 0 Å². The van der Waals surface area contributed by atoms with Gasteiger partial charge in [0.2, 0.25) is 0 Å². The maximum Gasteiger partial charge on any atom is 0.309 e. The molecule has 2 unspecified atom stereocenters. The maximum absolute atomic E-state index is 11.1. The number of ether oxygens (including phenoxy) is 1. The molecule has 0 aromatic heterocycles. The van der Waals surface area contributed by atoms with Gasteiger partial charge in [-0.05, 0) is 5.56 Å². The number of carbonyl (C=O) groups excluding carboxylic acids is 1. The van der Waals surface area contributed by atoms with Gasteiger partial charge in [-0.3, -0.25) is 4.79 Å². The van der Waals surface area contributed by atoms with Gasteiger partial charge in [0.15, 0.2) is 0 Å². The van der Waals surface area contributed by atoms with Gasteiger partial charge in [-0.1, -0.05) is 37.3 Å². The molecule has 2 rings (SSSR count). The lowest BCUT2D eigenvalue weighted by Crippen LogP contribution is -2.01. The molecule has 1 heterocycles. The van der Waals surface area contributed by atoms with Crippen molar-refractivity contribution < 1.29 is 9.53 Å². The van der Waals surface area contributed by atoms with E-state index in [0.717, 1.165) is 12.0 Å². The summed E-state index contributed by atoms with van der Waals surface area (Å²) in [4.78, 5) is 11.1. The van der Waals surface area contributed by atoms with Gasteiger partial charge in [-0.25, -0.2) is 0 Å². The zero-order chi connectivity index (χ0) is 9.26. The van der Waals surface area contributed by atoms with Crippen LogP contribution in [-0.4, -0.2) is 5.97 Å². The Hall–Kier alpha value is -1.31. The van der Waals surface area contributed by atoms with E-state index in [-0.39, 0.29) is 18.0 Å². The molecule has 1 aromatic carbocycles. The molecule has 0 bridgehead atoms. The van der Waals surface area contributed by atoms with Crippen LogP contribution < -0.4 is 0 Å². The highest BCUT2D eigenvalue weighted by molar-refractivity contribution is 5.74. The quantitative estimate of drug-likeness (QED) is 0.614. The summed E-state index contributed by atoms with van der Waals surface area (Å²) >= 11 is 0. The Bertz CT molecular complexity index is 305. The molecule has 1 saturated heterocycles. The first-order chi connectivity index (χ1) is 6.27. The molecule has 0 amide bonds. The predicted molar refractivity (Wildman–Crippen MR) is 49.1 cm³/mol. The van der Waals surface area contributed by atoms with Crippen molar-refractivity contribution in [2.24, 2.45) is 5.92 Å². The Morgan fingerprint density at radius 1 is 1.31 bits per heavy atom. The number of rotatable bonds is 1. The molecular weight excluding hydrogens is 164 g/mol. The van der Waals surface area contributed by atoms with Crippen LogP contribution in [0.25, 0.3) is 0 Å². The third-order valence-electron chi connectivity index (χ3n) is 2.40. The molecule has 0 spiro atoms. The number of benzene rings is 1. The molecule has 1 aromatic rings. The van der Waals surface area contributed by atoms with Crippen LogP contribution >= 0.6 is 0 Å². The maximum atomic E-state index is 11.1. The minimum absolute atomic E-state index is 0.0244. The fourth-order valence-electron chi connectivity index (χ4n) is 1.59. The lowest BCUT2D eigenvalue weighted by Gasteiger charge is -2.07. The smallest absolute Gasteiger partial charge is 0.309 e. The fraction of sp³-hybridized carbons (Fsp3) is 0.364. The normalized spacial score (nSPS) is 27.3. The highest BCUT2D eigenvalue weighted by atomic mass is 16.5. The van der Waals surface area contributed by atoms with Crippen molar-refractivity contribution in [3.8, 4) is 0 Å². The number of hydrogen-bond acceptors (Lipinski definition) is 2. The Morgan fingerprint density at radius 2 is 2.00 bits per heavy atom. The van der Waals surface area contributed by atoms with Crippen LogP contribution in [-0.2, 0) is 9.53 Å². The Labute approximate surface area is 77.5 Å². The molecule has 1 aliphatic rings. The second kappa shape index (κ2) is 3.21. The summed E-state index contributed by atoms with van der Waals surface area (Å²) in [6, 6.07) is 9.88. The summed E-state index contributed by atoms with van der Waals surface area (Å²) in [7, 11) is 0. The average Bonchev–Trinajstić information content (AvgIpc) is 2.49. The van der Waals surface area contributed by atoms with Gasteiger partial charge in [0.1, 0.15) is 6.10 Å². The summed E-state index contributed by atoms with van der Waals surface area (Å²) < 4.78 is 5.22. The first-order valence-corrected chi connectivity index (χ1v) is 4.53. The van der Waals surface area contributed by atoms with Crippen LogP contribution in [0.4, 0.5) is 0 Å². The first-order valence-electron chi connectivity index (χ1n) is 4.53. The van der Waals surface area contributed by atoms with Gasteiger partial charge < -0.3 is 4.74 Å². The molecule has 68 valence electrons. The SMILES string of the molecule is CC1CC(c2ccccc2)OC1=O. The van der Waals surface area contributed by atoms with E-state index in [1.165, 1.54) is 0 Å². The van der Waals surface area contributed by atoms with Crippen molar-refractivity contribution in [3.05, 3.63) is 35.9 Å². The van der Waals surface area contributed by atoms with Crippen LogP contribution in [0.5, 0.6) is 0 Å². The van der Waals surface area contributed by atoms with Crippen LogP contribution in [0.15, 0.2) is 30.3 Å². The topological polar surface area (TPSA) is 26.3 Å². The van der Waals surface area contributed by atoms with E-state index in [9.17, 15) is 4.79 Å². The predicted octanol–water partition coefficient (Wildman–Crippen LogP) is 2.31. The summed E-state index contributed by atoms with van der Waals surface area (Å²) in [5, 5.41) is 0. The van der Waals surface area contributed by atoms with Crippen molar-refractivity contribution in [3.63, 3.8) is 0 Å². The minimum Gasteiger partial charge on any atom is -0.457 e. The molecule has 2 nitrogen and oxygen atoms in total. The van der Waals surface area contributed by atoms with Crippen molar-refractivity contribution in [1.29, 1.82) is 0 Å². The van der Waals surface area contributed by atoms with Crippen LogP contribution in [0.1, 0.15) is 25.0 Å². The summed E-state index contributed by atoms with van der Waals surface area (Å²) in [6.45, 7) is 1.91. The molecule has 0 radical (unpaired) electrons. The molecule has 0 saturated carbocycles. The number of cyclic esters (lactones) is 1. The fourth-order valence-corrected chi connectivity index (χ4v) is 1.59. The molecule has 1 fully saturated rings. The standard InChI is InChI=1S/C11H12O2/c1-8-7-10(13-11(8)12)9-5-3-2-4-6-9/h2-6,8,10H,7H2,1H3.